The first kappa shape index (κ1) is 16.7. The molecule has 2 aromatic rings. The number of aliphatic imine (C=N–C) groups is 1. The van der Waals surface area contributed by atoms with Crippen LogP contribution in [-0.2, 0) is 13.1 Å². The van der Waals surface area contributed by atoms with Crippen LogP contribution in [0.25, 0.3) is 0 Å². The first-order valence-corrected chi connectivity index (χ1v) is 6.99. The third kappa shape index (κ3) is 4.91. The Morgan fingerprint density at radius 2 is 1.96 bits per heavy atom. The van der Waals surface area contributed by atoms with E-state index in [4.69, 9.17) is 4.74 Å². The zero-order chi connectivity index (χ0) is 16.7. The fourth-order valence-corrected chi connectivity index (χ4v) is 1.90. The molecule has 0 aliphatic rings. The van der Waals surface area contributed by atoms with Gasteiger partial charge in [-0.2, -0.15) is 0 Å². The minimum atomic E-state index is -0.476. The van der Waals surface area contributed by atoms with Gasteiger partial charge in [-0.05, 0) is 23.8 Å². The van der Waals surface area contributed by atoms with Gasteiger partial charge in [0.15, 0.2) is 5.96 Å². The van der Waals surface area contributed by atoms with Crippen molar-refractivity contribution in [3.63, 3.8) is 0 Å². The van der Waals surface area contributed by atoms with Crippen molar-refractivity contribution in [3.8, 4) is 5.88 Å². The largest absolute Gasteiger partial charge is 0.481 e. The van der Waals surface area contributed by atoms with Crippen molar-refractivity contribution in [1.29, 1.82) is 0 Å². The number of benzene rings is 1. The predicted molar refractivity (Wildman–Crippen MR) is 84.2 cm³/mol. The fraction of sp³-hybridized carbons (Fsp3) is 0.250. The molecule has 0 saturated carbocycles. The quantitative estimate of drug-likeness (QED) is 0.655. The molecule has 0 fully saturated rings. The number of ether oxygens (including phenoxy) is 1. The Labute approximate surface area is 133 Å². The van der Waals surface area contributed by atoms with Crippen LogP contribution in [0.4, 0.5) is 8.78 Å². The molecule has 0 aliphatic carbocycles. The molecule has 0 unspecified atom stereocenters. The highest BCUT2D eigenvalue weighted by atomic mass is 19.1. The van der Waals surface area contributed by atoms with Gasteiger partial charge in [-0.15, -0.1) is 0 Å². The average Bonchev–Trinajstić information content (AvgIpc) is 2.58. The van der Waals surface area contributed by atoms with Crippen LogP contribution in [0.5, 0.6) is 5.88 Å². The average molecular weight is 320 g/mol. The van der Waals surface area contributed by atoms with Gasteiger partial charge in [-0.3, -0.25) is 4.99 Å². The highest BCUT2D eigenvalue weighted by Crippen LogP contribution is 2.09. The van der Waals surface area contributed by atoms with E-state index >= 15 is 0 Å². The van der Waals surface area contributed by atoms with E-state index < -0.39 is 11.6 Å². The molecule has 0 saturated heterocycles. The Balaban J connectivity index is 1.89. The maximum Gasteiger partial charge on any atom is 0.212 e. The molecule has 0 aliphatic heterocycles. The van der Waals surface area contributed by atoms with E-state index in [1.807, 2.05) is 6.07 Å². The van der Waals surface area contributed by atoms with Gasteiger partial charge < -0.3 is 15.4 Å². The Hall–Kier alpha value is -2.70. The number of rotatable bonds is 5. The molecule has 0 spiro atoms. The van der Waals surface area contributed by atoms with Crippen LogP contribution < -0.4 is 15.4 Å². The summed E-state index contributed by atoms with van der Waals surface area (Å²) < 4.78 is 31.7. The highest BCUT2D eigenvalue weighted by Gasteiger charge is 2.05. The zero-order valence-electron chi connectivity index (χ0n) is 12.9. The van der Waals surface area contributed by atoms with Gasteiger partial charge >= 0.3 is 0 Å². The summed E-state index contributed by atoms with van der Waals surface area (Å²) in [5.41, 5.74) is 1.17. The lowest BCUT2D eigenvalue weighted by atomic mass is 10.2. The van der Waals surface area contributed by atoms with Gasteiger partial charge in [-0.25, -0.2) is 13.8 Å². The van der Waals surface area contributed by atoms with Crippen LogP contribution in [0.1, 0.15) is 11.1 Å². The number of hydrogen-bond acceptors (Lipinski definition) is 3. The number of nitrogens with one attached hydrogen (secondary N) is 2. The Morgan fingerprint density at radius 3 is 2.61 bits per heavy atom. The molecule has 0 amide bonds. The third-order valence-electron chi connectivity index (χ3n) is 3.14. The van der Waals surface area contributed by atoms with E-state index in [0.29, 0.717) is 18.4 Å². The molecular formula is C16H18F2N4O. The van der Waals surface area contributed by atoms with E-state index in [9.17, 15) is 8.78 Å². The van der Waals surface area contributed by atoms with Gasteiger partial charge in [0.25, 0.3) is 0 Å². The Morgan fingerprint density at radius 1 is 1.17 bits per heavy atom. The van der Waals surface area contributed by atoms with Crippen LogP contribution in [0.2, 0.25) is 0 Å². The first-order chi connectivity index (χ1) is 11.1. The number of nitrogens with zero attached hydrogens (tertiary/aromatic N) is 2. The molecule has 7 heteroatoms. The molecule has 5 nitrogen and oxygen atoms in total. The monoisotopic (exact) mass is 320 g/mol. The molecule has 1 heterocycles. The Bertz CT molecular complexity index is 674. The topological polar surface area (TPSA) is 58.5 Å². The van der Waals surface area contributed by atoms with Crippen LogP contribution in [0, 0.1) is 11.6 Å². The number of halogens is 2. The van der Waals surface area contributed by atoms with E-state index in [-0.39, 0.29) is 12.1 Å². The molecule has 0 bridgehead atoms. The number of pyridine rings is 1. The second-order valence-corrected chi connectivity index (χ2v) is 4.72. The molecule has 1 aromatic heterocycles. The summed E-state index contributed by atoms with van der Waals surface area (Å²) in [5, 5.41) is 6.00. The second-order valence-electron chi connectivity index (χ2n) is 4.72. The number of aromatic nitrogens is 1. The van der Waals surface area contributed by atoms with Gasteiger partial charge in [-0.1, -0.05) is 6.07 Å². The van der Waals surface area contributed by atoms with Gasteiger partial charge in [0.05, 0.1) is 7.11 Å². The number of methoxy groups -OCH3 is 1. The van der Waals surface area contributed by atoms with Crippen molar-refractivity contribution < 1.29 is 13.5 Å². The van der Waals surface area contributed by atoms with Crippen molar-refractivity contribution in [2.24, 2.45) is 4.99 Å². The second kappa shape index (κ2) is 8.07. The minimum Gasteiger partial charge on any atom is -0.481 e. The third-order valence-corrected chi connectivity index (χ3v) is 3.14. The van der Waals surface area contributed by atoms with Crippen LogP contribution in [0.15, 0.2) is 41.5 Å². The van der Waals surface area contributed by atoms with Gasteiger partial charge in [0.2, 0.25) is 5.88 Å². The summed E-state index contributed by atoms with van der Waals surface area (Å²) in [6.07, 6.45) is 1.69. The SMILES string of the molecule is CN=C(NCc1ccc(OC)nc1)NCc1cc(F)ccc1F. The van der Waals surface area contributed by atoms with Crippen molar-refractivity contribution in [1.82, 2.24) is 15.6 Å². The summed E-state index contributed by atoms with van der Waals surface area (Å²) in [5.74, 6) is 0.0754. The van der Waals surface area contributed by atoms with Crippen molar-refractivity contribution >= 4 is 5.96 Å². The van der Waals surface area contributed by atoms with Crippen molar-refractivity contribution in [2.45, 2.75) is 13.1 Å². The Kier molecular flexibility index (Phi) is 5.85. The zero-order valence-corrected chi connectivity index (χ0v) is 12.9. The highest BCUT2D eigenvalue weighted by molar-refractivity contribution is 5.79. The van der Waals surface area contributed by atoms with E-state index in [1.54, 1.807) is 26.4 Å². The maximum absolute atomic E-state index is 13.6. The van der Waals surface area contributed by atoms with Gasteiger partial charge in [0, 0.05) is 38.0 Å². The molecule has 0 atom stereocenters. The molecular weight excluding hydrogens is 302 g/mol. The standard InChI is InChI=1S/C16H18F2N4O/c1-19-16(21-9-11-3-6-15(23-2)20-8-11)22-10-12-7-13(17)4-5-14(12)18/h3-8H,9-10H2,1-2H3,(H2,19,21,22). The van der Waals surface area contributed by atoms with Crippen LogP contribution in [-0.4, -0.2) is 25.1 Å². The van der Waals surface area contributed by atoms with Crippen LogP contribution >= 0.6 is 0 Å². The van der Waals surface area contributed by atoms with Gasteiger partial charge in [0.1, 0.15) is 11.6 Å². The van der Waals surface area contributed by atoms with E-state index in [1.165, 1.54) is 0 Å². The molecule has 0 radical (unpaired) electrons. The van der Waals surface area contributed by atoms with E-state index in [0.717, 1.165) is 23.8 Å². The number of guanidine groups is 1. The smallest absolute Gasteiger partial charge is 0.212 e. The summed E-state index contributed by atoms with van der Waals surface area (Å²) in [4.78, 5) is 8.14. The predicted octanol–water partition coefficient (Wildman–Crippen LogP) is 2.23. The normalized spacial score (nSPS) is 11.2. The summed E-state index contributed by atoms with van der Waals surface area (Å²) >= 11 is 0. The minimum absolute atomic E-state index is 0.129. The molecule has 122 valence electrons. The summed E-state index contributed by atoms with van der Waals surface area (Å²) in [6.45, 7) is 0.617. The first-order valence-electron chi connectivity index (χ1n) is 6.99. The molecule has 23 heavy (non-hydrogen) atoms. The lowest BCUT2D eigenvalue weighted by Gasteiger charge is -2.12. The van der Waals surface area contributed by atoms with Crippen molar-refractivity contribution in [2.75, 3.05) is 14.2 Å². The maximum atomic E-state index is 13.6. The molecule has 2 rings (SSSR count). The summed E-state index contributed by atoms with van der Waals surface area (Å²) in [7, 11) is 3.15. The van der Waals surface area contributed by atoms with Crippen molar-refractivity contribution in [3.05, 3.63) is 59.3 Å². The van der Waals surface area contributed by atoms with Crippen LogP contribution in [0.3, 0.4) is 0 Å². The number of hydrogen-bond donors (Lipinski definition) is 2. The summed E-state index contributed by atoms with van der Waals surface area (Å²) in [6, 6.07) is 6.98. The lowest BCUT2D eigenvalue weighted by Crippen LogP contribution is -2.36. The molecule has 2 N–H and O–H groups in total. The lowest BCUT2D eigenvalue weighted by molar-refractivity contribution is 0.397. The molecule has 1 aromatic carbocycles. The fourth-order valence-electron chi connectivity index (χ4n) is 1.90. The van der Waals surface area contributed by atoms with E-state index in [2.05, 4.69) is 20.6 Å².